The van der Waals surface area contributed by atoms with Crippen LogP contribution in [-0.4, -0.2) is 38.6 Å². The molecule has 2 aliphatic rings. The molecule has 2 fully saturated rings. The summed E-state index contributed by atoms with van der Waals surface area (Å²) in [5, 5.41) is 0. The Morgan fingerprint density at radius 2 is 0.386 bits per heavy atom. The van der Waals surface area contributed by atoms with Gasteiger partial charge in [-0.05, 0) is 94.3 Å². The van der Waals surface area contributed by atoms with Crippen molar-refractivity contribution in [3.8, 4) is 0 Å². The topological polar surface area (TPSA) is 55.4 Å². The van der Waals surface area contributed by atoms with E-state index in [4.69, 9.17) is 27.1 Å². The molecule has 0 unspecified atom stereocenters. The summed E-state index contributed by atoms with van der Waals surface area (Å²) in [6.45, 7) is 17.5. The Morgan fingerprint density at radius 1 is 0.229 bits per heavy atom. The lowest BCUT2D eigenvalue weighted by atomic mass is 9.60. The molecule has 6 nitrogen and oxygen atoms in total. The van der Waals surface area contributed by atoms with E-state index >= 15 is 0 Å². The molecule has 2 rings (SSSR count). The number of rotatable bonds is 66. The van der Waals surface area contributed by atoms with Crippen LogP contribution in [0.4, 0.5) is 0 Å². The van der Waals surface area contributed by atoms with E-state index in [1.807, 2.05) is 0 Å². The van der Waals surface area contributed by atoms with Gasteiger partial charge in [0.05, 0.1) is 38.6 Å². The summed E-state index contributed by atoms with van der Waals surface area (Å²) >= 11 is 0. The van der Waals surface area contributed by atoms with Gasteiger partial charge in [0, 0.05) is 0 Å². The smallest absolute Gasteiger partial charge is 0.312 e. The summed E-state index contributed by atoms with van der Waals surface area (Å²) in [6, 6.07) is 0. The molecule has 8 heteroatoms. The fraction of sp³-hybridized carbons (Fsp3) is 1.00. The Bertz CT molecular complexity index is 1100. The first kappa shape index (κ1) is 79.7. The van der Waals surface area contributed by atoms with Crippen molar-refractivity contribution < 1.29 is 27.1 Å². The summed E-state index contributed by atoms with van der Waals surface area (Å²) in [5.41, 5.74) is 0.316. The van der Waals surface area contributed by atoms with Crippen LogP contribution >= 0.6 is 17.2 Å². The average Bonchev–Trinajstić information content (AvgIpc) is 3.59. The highest BCUT2D eigenvalue weighted by atomic mass is 31.2. The van der Waals surface area contributed by atoms with E-state index in [-0.39, 0.29) is 12.2 Å². The molecule has 0 amide bonds. The van der Waals surface area contributed by atoms with E-state index in [9.17, 15) is 0 Å². The van der Waals surface area contributed by atoms with Gasteiger partial charge >= 0.3 is 17.2 Å². The molecule has 83 heavy (non-hydrogen) atoms. The van der Waals surface area contributed by atoms with E-state index < -0.39 is 17.2 Å². The van der Waals surface area contributed by atoms with Crippen molar-refractivity contribution in [3.63, 3.8) is 0 Å². The molecule has 0 atom stereocenters. The van der Waals surface area contributed by atoms with Crippen LogP contribution in [-0.2, 0) is 27.1 Å². The predicted molar refractivity (Wildman–Crippen MR) is 368 cm³/mol. The second-order valence-electron chi connectivity index (χ2n) is 27.7. The van der Waals surface area contributed by atoms with Gasteiger partial charge in [0.1, 0.15) is 0 Å². The van der Waals surface area contributed by atoms with Crippen molar-refractivity contribution in [2.75, 3.05) is 26.4 Å². The third-order valence-corrected chi connectivity index (χ3v) is 22.2. The summed E-state index contributed by atoms with van der Waals surface area (Å²) in [6.07, 6.45) is 81.3. The fourth-order valence-electron chi connectivity index (χ4n) is 13.6. The molecule has 0 aromatic carbocycles. The first-order valence-corrected chi connectivity index (χ1v) is 40.6. The lowest BCUT2D eigenvalue weighted by Crippen LogP contribution is -2.38. The maximum Gasteiger partial charge on any atom is 0.332 e. The highest BCUT2D eigenvalue weighted by molar-refractivity contribution is 7.42. The minimum Gasteiger partial charge on any atom is -0.312 e. The molecule has 0 N–H and O–H groups in total. The third-order valence-electron chi connectivity index (χ3n) is 19.7. The van der Waals surface area contributed by atoms with Crippen molar-refractivity contribution >= 4 is 17.2 Å². The lowest BCUT2D eigenvalue weighted by molar-refractivity contribution is 0.00223. The quantitative estimate of drug-likeness (QED) is 0.0447. The molecule has 0 spiro atoms. The van der Waals surface area contributed by atoms with E-state index in [0.29, 0.717) is 5.41 Å². The van der Waals surface area contributed by atoms with Gasteiger partial charge in [-0.15, -0.1) is 0 Å². The summed E-state index contributed by atoms with van der Waals surface area (Å²) in [5.74, 6) is 1.47. The second-order valence-corrected chi connectivity index (χ2v) is 30.1. The average molecular weight is 1210 g/mol. The molecule has 0 heterocycles. The monoisotopic (exact) mass is 1210 g/mol. The fourth-order valence-corrected chi connectivity index (χ4v) is 16.0. The molecule has 0 aromatic rings. The van der Waals surface area contributed by atoms with Crippen LogP contribution in [0.5, 0.6) is 0 Å². The highest BCUT2D eigenvalue weighted by Gasteiger charge is 2.42. The highest BCUT2D eigenvalue weighted by Crippen LogP contribution is 2.52. The van der Waals surface area contributed by atoms with E-state index in [0.717, 1.165) is 89.6 Å². The van der Waals surface area contributed by atoms with Gasteiger partial charge in [0.15, 0.2) is 0 Å². The van der Waals surface area contributed by atoms with Crippen LogP contribution in [0.1, 0.15) is 427 Å². The number of hydrogen-bond donors (Lipinski definition) is 0. The maximum atomic E-state index is 6.82. The minimum atomic E-state index is -1.29. The van der Waals surface area contributed by atoms with Crippen molar-refractivity contribution in [2.45, 2.75) is 439 Å². The first-order valence-electron chi connectivity index (χ1n) is 38.4. The Morgan fingerprint density at radius 3 is 0.554 bits per heavy atom. The van der Waals surface area contributed by atoms with Crippen LogP contribution in [0.3, 0.4) is 0 Å². The van der Waals surface area contributed by atoms with Gasteiger partial charge in [0.2, 0.25) is 0 Å². The zero-order valence-electron chi connectivity index (χ0n) is 57.4. The van der Waals surface area contributed by atoms with Gasteiger partial charge in [0.25, 0.3) is 0 Å². The molecule has 0 radical (unpaired) electrons. The molecule has 0 bridgehead atoms. The molecular formula is C75H150O6P2. The maximum absolute atomic E-state index is 6.82. The van der Waals surface area contributed by atoms with Gasteiger partial charge in [-0.2, -0.15) is 0 Å². The standard InChI is InChI=1S/C75H150O6P2/c1-7-11-15-19-23-27-31-35-39-43-47-51-55-67-76-82(77-68-56-52-48-44-40-36-32-28-24-20-16-12-8-2)80-73-63-59-71(60-64-73)75(5,6)72-61-65-74(66-62-72)81-83(78-69-57-53-49-45-41-37-33-29-25-21-17-13-9-3)79-70-58-54-50-46-42-38-34-30-26-22-18-14-10-4/h71-74H,7-70H2,1-6H3. The molecule has 0 aromatic heterocycles. The Hall–Kier alpha value is 0.620. The van der Waals surface area contributed by atoms with E-state index in [1.54, 1.807) is 0 Å². The van der Waals surface area contributed by atoms with Crippen molar-refractivity contribution in [1.29, 1.82) is 0 Å². The second kappa shape index (κ2) is 61.5. The van der Waals surface area contributed by atoms with Gasteiger partial charge < -0.3 is 27.1 Å². The third kappa shape index (κ3) is 49.1. The molecule has 2 aliphatic carbocycles. The Labute approximate surface area is 524 Å². The van der Waals surface area contributed by atoms with Gasteiger partial charge in [-0.25, -0.2) is 0 Å². The van der Waals surface area contributed by atoms with Gasteiger partial charge in [-0.1, -0.05) is 350 Å². The number of hydrogen-bond acceptors (Lipinski definition) is 6. The van der Waals surface area contributed by atoms with Crippen LogP contribution in [0.2, 0.25) is 0 Å². The van der Waals surface area contributed by atoms with Crippen molar-refractivity contribution in [2.24, 2.45) is 17.3 Å². The summed E-state index contributed by atoms with van der Waals surface area (Å²) in [4.78, 5) is 0. The van der Waals surface area contributed by atoms with Crippen LogP contribution in [0, 0.1) is 17.3 Å². The first-order chi connectivity index (χ1) is 40.9. The molecule has 0 saturated heterocycles. The summed E-state index contributed by atoms with van der Waals surface area (Å²) in [7, 11) is -2.58. The molecular weight excluding hydrogens is 1060 g/mol. The van der Waals surface area contributed by atoms with Crippen molar-refractivity contribution in [1.82, 2.24) is 0 Å². The Balaban J connectivity index is 1.78. The molecule has 496 valence electrons. The minimum absolute atomic E-state index is 0.259. The predicted octanol–water partition coefficient (Wildman–Crippen LogP) is 28.0. The van der Waals surface area contributed by atoms with Crippen LogP contribution < -0.4 is 0 Å². The van der Waals surface area contributed by atoms with Gasteiger partial charge in [-0.3, -0.25) is 0 Å². The zero-order chi connectivity index (χ0) is 59.5. The van der Waals surface area contributed by atoms with Crippen LogP contribution in [0.15, 0.2) is 0 Å². The molecule has 2 saturated carbocycles. The van der Waals surface area contributed by atoms with Crippen molar-refractivity contribution in [3.05, 3.63) is 0 Å². The van der Waals surface area contributed by atoms with Crippen LogP contribution in [0.25, 0.3) is 0 Å². The SMILES string of the molecule is CCCCCCCCCCCCCCCOP(OCCCCCCCCCCCCCCC)OC1CCC(C(C)(C)C2CCC(OP(OCCCCCCCCCCCCCCC)OCCCCCCCCCCCCCCC)CC2)CC1. The normalized spacial score (nSPS) is 17.9. The zero-order valence-corrected chi connectivity index (χ0v) is 59.2. The lowest BCUT2D eigenvalue weighted by Gasteiger charge is -2.46. The van der Waals surface area contributed by atoms with E-state index in [1.165, 1.54) is 334 Å². The number of unbranched alkanes of at least 4 members (excludes halogenated alkanes) is 48. The van der Waals surface area contributed by atoms with E-state index in [2.05, 4.69) is 41.5 Å². The largest absolute Gasteiger partial charge is 0.332 e. The Kier molecular flexibility index (Phi) is 59.0. The molecule has 0 aliphatic heterocycles. The summed E-state index contributed by atoms with van der Waals surface area (Å²) < 4.78 is 39.7.